The first-order chi connectivity index (χ1) is 11.4. The second-order valence-electron chi connectivity index (χ2n) is 5.67. The van der Waals surface area contributed by atoms with E-state index in [0.29, 0.717) is 17.9 Å². The summed E-state index contributed by atoms with van der Waals surface area (Å²) in [6.07, 6.45) is -0.693. The number of nitrogens with one attached hydrogen (secondary N) is 1. The zero-order valence-electron chi connectivity index (χ0n) is 14.0. The van der Waals surface area contributed by atoms with Crippen molar-refractivity contribution in [1.82, 2.24) is 5.32 Å². The van der Waals surface area contributed by atoms with Crippen LogP contribution in [0.2, 0.25) is 0 Å². The van der Waals surface area contributed by atoms with Crippen LogP contribution >= 0.6 is 0 Å². The molecule has 0 aliphatic rings. The van der Waals surface area contributed by atoms with E-state index in [1.54, 1.807) is 26.2 Å². The molecule has 0 fully saturated rings. The molecule has 2 aromatic rings. The topological polar surface area (TPSA) is 84.6 Å². The number of ether oxygens (including phenoxy) is 1. The molecule has 0 amide bonds. The summed E-state index contributed by atoms with van der Waals surface area (Å²) in [6, 6.07) is 12.2. The lowest BCUT2D eigenvalue weighted by molar-refractivity contribution is -0.385. The normalized spacial score (nSPS) is 13.3. The minimum atomic E-state index is -0.693. The van der Waals surface area contributed by atoms with Crippen molar-refractivity contribution in [3.63, 3.8) is 0 Å². The van der Waals surface area contributed by atoms with Gasteiger partial charge in [0.25, 0.3) is 5.69 Å². The molecule has 0 heterocycles. The molecule has 128 valence electrons. The molecular weight excluding hydrogens is 308 g/mol. The third-order valence-corrected chi connectivity index (χ3v) is 4.11. The van der Waals surface area contributed by atoms with E-state index in [2.05, 4.69) is 5.32 Å². The summed E-state index contributed by atoms with van der Waals surface area (Å²) in [4.78, 5) is 10.7. The monoisotopic (exact) mass is 330 g/mol. The molecule has 0 radical (unpaired) electrons. The number of benzene rings is 2. The van der Waals surface area contributed by atoms with Gasteiger partial charge in [0, 0.05) is 24.2 Å². The van der Waals surface area contributed by atoms with Crippen molar-refractivity contribution < 1.29 is 14.8 Å². The van der Waals surface area contributed by atoms with Crippen molar-refractivity contribution in [3.8, 4) is 5.75 Å². The lowest BCUT2D eigenvalue weighted by Crippen LogP contribution is -2.25. The van der Waals surface area contributed by atoms with Gasteiger partial charge in [-0.3, -0.25) is 10.1 Å². The molecule has 2 N–H and O–H groups in total. The van der Waals surface area contributed by atoms with Gasteiger partial charge in [0.15, 0.2) is 0 Å². The highest BCUT2D eigenvalue weighted by atomic mass is 16.6. The number of hydrogen-bond acceptors (Lipinski definition) is 5. The molecule has 0 aliphatic heterocycles. The van der Waals surface area contributed by atoms with Gasteiger partial charge in [0.1, 0.15) is 5.75 Å². The fourth-order valence-corrected chi connectivity index (χ4v) is 2.67. The van der Waals surface area contributed by atoms with Crippen LogP contribution in [-0.2, 0) is 0 Å². The number of nitro benzene ring substituents is 1. The molecule has 2 atom stereocenters. The smallest absolute Gasteiger partial charge is 0.272 e. The Balaban J connectivity index is 2.06. The van der Waals surface area contributed by atoms with Crippen molar-refractivity contribution in [2.45, 2.75) is 26.0 Å². The molecule has 0 aliphatic carbocycles. The maximum absolute atomic E-state index is 11.0. The van der Waals surface area contributed by atoms with E-state index in [1.807, 2.05) is 31.2 Å². The Hall–Kier alpha value is -2.44. The fraction of sp³-hybridized carbons (Fsp3) is 0.333. The standard InChI is InChI=1S/C18H22N2O4/c1-12-16(8-5-9-17(12)20(22)23)13(2)19-11-18(21)14-6-4-7-15(10-14)24-3/h4-10,13,18-19,21H,11H2,1-3H3/t13-,18+/m0/s1. The average molecular weight is 330 g/mol. The number of nitro groups is 1. The van der Waals surface area contributed by atoms with Crippen LogP contribution in [0.4, 0.5) is 5.69 Å². The van der Waals surface area contributed by atoms with Crippen LogP contribution in [0.15, 0.2) is 42.5 Å². The lowest BCUT2D eigenvalue weighted by atomic mass is 10.0. The summed E-state index contributed by atoms with van der Waals surface area (Å²) in [7, 11) is 1.58. The lowest BCUT2D eigenvalue weighted by Gasteiger charge is -2.19. The Morgan fingerprint density at radius 3 is 2.67 bits per heavy atom. The van der Waals surface area contributed by atoms with Crippen LogP contribution < -0.4 is 10.1 Å². The van der Waals surface area contributed by atoms with Crippen molar-refractivity contribution in [3.05, 3.63) is 69.3 Å². The Morgan fingerprint density at radius 1 is 1.29 bits per heavy atom. The molecule has 2 rings (SSSR count). The maximum Gasteiger partial charge on any atom is 0.272 e. The van der Waals surface area contributed by atoms with Crippen molar-refractivity contribution in [2.75, 3.05) is 13.7 Å². The van der Waals surface area contributed by atoms with E-state index in [0.717, 1.165) is 11.1 Å². The molecule has 6 nitrogen and oxygen atoms in total. The first-order valence-corrected chi connectivity index (χ1v) is 7.73. The minimum absolute atomic E-state index is 0.106. The Bertz CT molecular complexity index is 718. The number of aliphatic hydroxyl groups excluding tert-OH is 1. The Morgan fingerprint density at radius 2 is 2.00 bits per heavy atom. The van der Waals surface area contributed by atoms with Crippen LogP contribution in [0.25, 0.3) is 0 Å². The van der Waals surface area contributed by atoms with Crippen LogP contribution in [0, 0.1) is 17.0 Å². The third-order valence-electron chi connectivity index (χ3n) is 4.11. The molecule has 0 unspecified atom stereocenters. The number of methoxy groups -OCH3 is 1. The van der Waals surface area contributed by atoms with Gasteiger partial charge in [-0.2, -0.15) is 0 Å². The molecule has 0 saturated carbocycles. The van der Waals surface area contributed by atoms with E-state index >= 15 is 0 Å². The van der Waals surface area contributed by atoms with E-state index in [-0.39, 0.29) is 16.7 Å². The number of aliphatic hydroxyl groups is 1. The van der Waals surface area contributed by atoms with E-state index in [4.69, 9.17) is 4.74 Å². The fourth-order valence-electron chi connectivity index (χ4n) is 2.67. The van der Waals surface area contributed by atoms with Crippen molar-refractivity contribution in [1.29, 1.82) is 0 Å². The average Bonchev–Trinajstić information content (AvgIpc) is 2.59. The first kappa shape index (κ1) is 17.9. The van der Waals surface area contributed by atoms with Crippen molar-refractivity contribution in [2.24, 2.45) is 0 Å². The number of hydrogen-bond donors (Lipinski definition) is 2. The van der Waals surface area contributed by atoms with Gasteiger partial charge in [0.05, 0.1) is 18.1 Å². The highest BCUT2D eigenvalue weighted by molar-refractivity contribution is 5.45. The molecule has 0 spiro atoms. The molecular formula is C18H22N2O4. The van der Waals surface area contributed by atoms with Gasteiger partial charge in [-0.1, -0.05) is 24.3 Å². The van der Waals surface area contributed by atoms with Gasteiger partial charge in [-0.15, -0.1) is 0 Å². The molecule has 0 bridgehead atoms. The predicted octanol–water partition coefficient (Wildman–Crippen LogP) is 3.30. The summed E-state index contributed by atoms with van der Waals surface area (Å²) >= 11 is 0. The summed E-state index contributed by atoms with van der Waals surface area (Å²) in [6.45, 7) is 3.99. The predicted molar refractivity (Wildman–Crippen MR) is 92.2 cm³/mol. The quantitative estimate of drug-likeness (QED) is 0.601. The third kappa shape index (κ3) is 4.10. The van der Waals surface area contributed by atoms with E-state index < -0.39 is 6.10 Å². The zero-order chi connectivity index (χ0) is 17.7. The molecule has 0 saturated heterocycles. The largest absolute Gasteiger partial charge is 0.497 e. The van der Waals surface area contributed by atoms with Crippen LogP contribution in [0.5, 0.6) is 5.75 Å². The minimum Gasteiger partial charge on any atom is -0.497 e. The molecule has 0 aromatic heterocycles. The van der Waals surface area contributed by atoms with Gasteiger partial charge in [-0.25, -0.2) is 0 Å². The Labute approximate surface area is 141 Å². The summed E-state index contributed by atoms with van der Waals surface area (Å²) in [5.41, 5.74) is 2.35. The van der Waals surface area contributed by atoms with Gasteiger partial charge >= 0.3 is 0 Å². The summed E-state index contributed by atoms with van der Waals surface area (Å²) in [5.74, 6) is 0.689. The number of rotatable bonds is 7. The SMILES string of the molecule is COc1cccc([C@H](O)CN[C@@H](C)c2cccc([N+](=O)[O-])c2C)c1. The second kappa shape index (κ2) is 7.90. The van der Waals surface area contributed by atoms with E-state index in [9.17, 15) is 15.2 Å². The van der Waals surface area contributed by atoms with Crippen molar-refractivity contribution >= 4 is 5.69 Å². The maximum atomic E-state index is 11.0. The summed E-state index contributed by atoms with van der Waals surface area (Å²) < 4.78 is 5.16. The van der Waals surface area contributed by atoms with Crippen LogP contribution in [0.1, 0.15) is 35.8 Å². The van der Waals surface area contributed by atoms with Gasteiger partial charge in [-0.05, 0) is 37.1 Å². The molecule has 2 aromatic carbocycles. The van der Waals surface area contributed by atoms with Crippen LogP contribution in [-0.4, -0.2) is 23.7 Å². The highest BCUT2D eigenvalue weighted by Gasteiger charge is 2.18. The van der Waals surface area contributed by atoms with Crippen LogP contribution in [0.3, 0.4) is 0 Å². The second-order valence-corrected chi connectivity index (χ2v) is 5.67. The number of nitrogens with zero attached hydrogens (tertiary/aromatic N) is 1. The van der Waals surface area contributed by atoms with E-state index in [1.165, 1.54) is 6.07 Å². The zero-order valence-corrected chi connectivity index (χ0v) is 14.0. The first-order valence-electron chi connectivity index (χ1n) is 7.73. The van der Waals surface area contributed by atoms with Gasteiger partial charge < -0.3 is 15.2 Å². The highest BCUT2D eigenvalue weighted by Crippen LogP contribution is 2.26. The summed E-state index contributed by atoms with van der Waals surface area (Å²) in [5, 5.41) is 24.6. The Kier molecular flexibility index (Phi) is 5.89. The molecule has 24 heavy (non-hydrogen) atoms. The van der Waals surface area contributed by atoms with Gasteiger partial charge in [0.2, 0.25) is 0 Å². The molecule has 6 heteroatoms.